The number of hydrogen-bond donors (Lipinski definition) is 0. The van der Waals surface area contributed by atoms with E-state index in [0.29, 0.717) is 18.8 Å². The van der Waals surface area contributed by atoms with Crippen LogP contribution in [0.2, 0.25) is 0 Å². The van der Waals surface area contributed by atoms with Crippen LogP contribution in [0.15, 0.2) is 91.0 Å². The number of methoxy groups -OCH3 is 2. The molecule has 0 spiro atoms. The summed E-state index contributed by atoms with van der Waals surface area (Å²) in [5.41, 5.74) is 2.42. The summed E-state index contributed by atoms with van der Waals surface area (Å²) in [5.74, 6) is -1.72. The summed E-state index contributed by atoms with van der Waals surface area (Å²) in [7, 11) is 3.15. The Hall–Kier alpha value is -3.23. The first-order chi connectivity index (χ1) is 24.3. The molecule has 0 amide bonds. The highest BCUT2D eigenvalue weighted by Crippen LogP contribution is 2.39. The average molecular weight is 693 g/mol. The van der Waals surface area contributed by atoms with Crippen molar-refractivity contribution in [1.29, 1.82) is 0 Å². The highest BCUT2D eigenvalue weighted by atomic mass is 16.8. The van der Waals surface area contributed by atoms with Crippen molar-refractivity contribution in [3.05, 3.63) is 108 Å². The van der Waals surface area contributed by atoms with Crippen LogP contribution >= 0.6 is 0 Å². The lowest BCUT2D eigenvalue weighted by Crippen LogP contribution is -2.67. The zero-order chi connectivity index (χ0) is 35.1. The highest BCUT2D eigenvalue weighted by Gasteiger charge is 2.56. The summed E-state index contributed by atoms with van der Waals surface area (Å²) < 4.78 is 62.9. The number of fused-ring (bicyclic) bond motifs is 1. The van der Waals surface area contributed by atoms with E-state index in [1.165, 1.54) is 0 Å². The van der Waals surface area contributed by atoms with E-state index >= 15 is 0 Å². The third-order valence-corrected chi connectivity index (χ3v) is 9.31. The maximum Gasteiger partial charge on any atom is 0.338 e. The first-order valence-electron chi connectivity index (χ1n) is 17.1. The Morgan fingerprint density at radius 1 is 0.760 bits per heavy atom. The predicted molar refractivity (Wildman–Crippen MR) is 181 cm³/mol. The van der Waals surface area contributed by atoms with Crippen LogP contribution in [0.5, 0.6) is 0 Å². The summed E-state index contributed by atoms with van der Waals surface area (Å²) in [6.45, 7) is 6.82. The van der Waals surface area contributed by atoms with E-state index < -0.39 is 67.1 Å². The van der Waals surface area contributed by atoms with Gasteiger partial charge in [-0.1, -0.05) is 85.8 Å². The quantitative estimate of drug-likeness (QED) is 0.218. The minimum absolute atomic E-state index is 0.191. The van der Waals surface area contributed by atoms with E-state index in [1.54, 1.807) is 38.5 Å². The average Bonchev–Trinajstić information content (AvgIpc) is 3.13. The Bertz CT molecular complexity index is 1470. The topological polar surface area (TPSA) is 109 Å². The lowest BCUT2D eigenvalue weighted by Gasteiger charge is -2.52. The monoisotopic (exact) mass is 692 g/mol. The molecule has 3 aliphatic rings. The van der Waals surface area contributed by atoms with Gasteiger partial charge in [0.15, 0.2) is 24.5 Å². The smallest absolute Gasteiger partial charge is 0.338 e. The van der Waals surface area contributed by atoms with Crippen LogP contribution in [0.1, 0.15) is 42.3 Å². The van der Waals surface area contributed by atoms with E-state index in [0.717, 1.165) is 11.1 Å². The number of ether oxygens (including phenoxy) is 10. The van der Waals surface area contributed by atoms with Gasteiger partial charge in [-0.3, -0.25) is 0 Å². The molecule has 0 saturated carbocycles. The summed E-state index contributed by atoms with van der Waals surface area (Å²) in [5, 5.41) is 0. The Balaban J connectivity index is 1.28. The first kappa shape index (κ1) is 36.6. The van der Waals surface area contributed by atoms with E-state index in [2.05, 4.69) is 0 Å². The van der Waals surface area contributed by atoms with Gasteiger partial charge in [0.2, 0.25) is 0 Å². The van der Waals surface area contributed by atoms with Crippen LogP contribution in [0, 0.1) is 5.92 Å². The van der Waals surface area contributed by atoms with E-state index in [1.807, 2.05) is 87.5 Å². The van der Waals surface area contributed by atoms with Gasteiger partial charge in [-0.05, 0) is 37.1 Å². The molecule has 3 aromatic carbocycles. The van der Waals surface area contributed by atoms with Crippen LogP contribution < -0.4 is 0 Å². The summed E-state index contributed by atoms with van der Waals surface area (Å²) in [4.78, 5) is 13.5. The minimum atomic E-state index is -1.08. The van der Waals surface area contributed by atoms with E-state index in [-0.39, 0.29) is 19.1 Å². The second-order valence-electron chi connectivity index (χ2n) is 13.3. The fourth-order valence-electron chi connectivity index (χ4n) is 6.72. The molecule has 3 aromatic rings. The maximum absolute atomic E-state index is 13.5. The Labute approximate surface area is 293 Å². The van der Waals surface area contributed by atoms with Crippen LogP contribution in [0.25, 0.3) is 0 Å². The van der Waals surface area contributed by atoms with Gasteiger partial charge in [-0.2, -0.15) is 0 Å². The van der Waals surface area contributed by atoms with Gasteiger partial charge in [0.05, 0.1) is 38.1 Å². The fourth-order valence-corrected chi connectivity index (χ4v) is 6.72. The zero-order valence-corrected chi connectivity index (χ0v) is 29.3. The second-order valence-corrected chi connectivity index (χ2v) is 13.3. The SMILES string of the molecule is CO[C@H]1O[C@H](COCc2ccccc2)[C@@H](O[C@@H]2OC3COC(C)(C)O[C@@H]3[C@@H](OC)C2OC(=O)c2ccccc2)C(C)C1OCc1ccccc1. The third kappa shape index (κ3) is 8.79. The molecule has 3 aliphatic heterocycles. The minimum Gasteiger partial charge on any atom is -0.450 e. The lowest BCUT2D eigenvalue weighted by molar-refractivity contribution is -0.398. The standard InChI is InChI=1S/C39H48O11/c1-25-31(29(23-43-21-26-15-9-6-10-16-26)46-37(42-5)32(25)44-22-27-17-11-7-12-18-27)49-38-35(48-36(40)28-19-13-8-14-20-28)34(41-4)33-30(47-38)24-45-39(2,3)50-33/h6-20,25,29-35,37-38H,21-24H2,1-5H3/t25?,29-,30?,31+,32?,33+,34-,35?,37+,38+/m1/s1. The van der Waals surface area contributed by atoms with Gasteiger partial charge >= 0.3 is 5.97 Å². The molecule has 0 bridgehead atoms. The predicted octanol–water partition coefficient (Wildman–Crippen LogP) is 5.30. The first-order valence-corrected chi connectivity index (χ1v) is 17.1. The van der Waals surface area contributed by atoms with Crippen molar-refractivity contribution in [2.75, 3.05) is 27.4 Å². The van der Waals surface area contributed by atoms with E-state index in [9.17, 15) is 4.79 Å². The van der Waals surface area contributed by atoms with Crippen LogP contribution in [-0.4, -0.2) is 94.5 Å². The molecule has 3 saturated heterocycles. The lowest BCUT2D eigenvalue weighted by atomic mass is 9.89. The fraction of sp³-hybridized carbons (Fsp3) is 0.513. The molecule has 0 aromatic heterocycles. The largest absolute Gasteiger partial charge is 0.450 e. The van der Waals surface area contributed by atoms with Crippen molar-refractivity contribution >= 4 is 5.97 Å². The Morgan fingerprint density at radius 2 is 1.40 bits per heavy atom. The molecular formula is C39H48O11. The zero-order valence-electron chi connectivity index (χ0n) is 29.3. The molecule has 50 heavy (non-hydrogen) atoms. The summed E-state index contributed by atoms with van der Waals surface area (Å²) >= 11 is 0. The molecule has 0 N–H and O–H groups in total. The number of rotatable bonds is 13. The summed E-state index contributed by atoms with van der Waals surface area (Å²) in [6, 6.07) is 28.6. The van der Waals surface area contributed by atoms with Crippen LogP contribution in [-0.2, 0) is 60.6 Å². The van der Waals surface area contributed by atoms with Crippen molar-refractivity contribution < 1.29 is 52.2 Å². The van der Waals surface area contributed by atoms with Gasteiger partial charge in [0.1, 0.15) is 30.5 Å². The molecule has 3 heterocycles. The van der Waals surface area contributed by atoms with Crippen molar-refractivity contribution in [1.82, 2.24) is 0 Å². The molecule has 270 valence electrons. The number of hydrogen-bond acceptors (Lipinski definition) is 11. The van der Waals surface area contributed by atoms with Gasteiger partial charge < -0.3 is 47.4 Å². The van der Waals surface area contributed by atoms with Crippen molar-refractivity contribution in [3.8, 4) is 0 Å². The number of carbonyl (C=O) groups excluding carboxylic acids is 1. The molecule has 0 radical (unpaired) electrons. The van der Waals surface area contributed by atoms with Gasteiger partial charge in [0.25, 0.3) is 0 Å². The van der Waals surface area contributed by atoms with Gasteiger partial charge in [-0.15, -0.1) is 0 Å². The van der Waals surface area contributed by atoms with Crippen LogP contribution in [0.4, 0.5) is 0 Å². The van der Waals surface area contributed by atoms with Crippen molar-refractivity contribution in [3.63, 3.8) is 0 Å². The Kier molecular flexibility index (Phi) is 12.3. The van der Waals surface area contributed by atoms with Crippen molar-refractivity contribution in [2.24, 2.45) is 5.92 Å². The highest BCUT2D eigenvalue weighted by molar-refractivity contribution is 5.89. The normalized spacial score (nSPS) is 32.2. The summed E-state index contributed by atoms with van der Waals surface area (Å²) in [6.07, 6.45) is -6.43. The molecule has 3 fully saturated rings. The van der Waals surface area contributed by atoms with Gasteiger partial charge in [-0.25, -0.2) is 4.79 Å². The third-order valence-electron chi connectivity index (χ3n) is 9.31. The number of benzene rings is 3. The maximum atomic E-state index is 13.5. The molecule has 11 heteroatoms. The molecular weight excluding hydrogens is 644 g/mol. The Morgan fingerprint density at radius 3 is 2.04 bits per heavy atom. The van der Waals surface area contributed by atoms with Crippen LogP contribution in [0.3, 0.4) is 0 Å². The number of esters is 1. The molecule has 6 rings (SSSR count). The molecule has 0 aliphatic carbocycles. The molecule has 10 atom stereocenters. The molecule has 4 unspecified atom stereocenters. The van der Waals surface area contributed by atoms with E-state index in [4.69, 9.17) is 47.4 Å². The number of carbonyl (C=O) groups is 1. The second kappa shape index (κ2) is 16.9. The van der Waals surface area contributed by atoms with Gasteiger partial charge in [0, 0.05) is 20.1 Å². The van der Waals surface area contributed by atoms with Crippen molar-refractivity contribution in [2.45, 2.75) is 95.1 Å². The molecule has 11 nitrogen and oxygen atoms in total.